The lowest BCUT2D eigenvalue weighted by Gasteiger charge is -2.07. The summed E-state index contributed by atoms with van der Waals surface area (Å²) in [6.45, 7) is 1.44. The Labute approximate surface area is 189 Å². The van der Waals surface area contributed by atoms with Crippen molar-refractivity contribution in [1.29, 1.82) is 0 Å². The Morgan fingerprint density at radius 2 is 1.71 bits per heavy atom. The number of hydrogen-bond donors (Lipinski definition) is 1. The average molecular weight is 488 g/mol. The first kappa shape index (κ1) is 21.9. The van der Waals surface area contributed by atoms with E-state index in [-0.39, 0.29) is 49.9 Å². The molecular formula is C22H15F3N4O4S. The van der Waals surface area contributed by atoms with E-state index in [1.54, 1.807) is 18.2 Å². The Balaban J connectivity index is 1.83. The highest BCUT2D eigenvalue weighted by atomic mass is 32.2. The largest absolute Gasteiger partial charge is 0.436 e. The maximum Gasteiger partial charge on any atom is 0.433 e. The van der Waals surface area contributed by atoms with E-state index in [9.17, 15) is 26.4 Å². The van der Waals surface area contributed by atoms with Gasteiger partial charge in [-0.2, -0.15) is 17.7 Å². The number of benzene rings is 2. The van der Waals surface area contributed by atoms with Gasteiger partial charge in [-0.25, -0.2) is 18.4 Å². The number of hydrogen-bond acceptors (Lipinski definition) is 6. The highest BCUT2D eigenvalue weighted by molar-refractivity contribution is 7.91. The van der Waals surface area contributed by atoms with Gasteiger partial charge in [0.15, 0.2) is 21.1 Å². The van der Waals surface area contributed by atoms with Crippen molar-refractivity contribution in [3.63, 3.8) is 0 Å². The molecule has 0 aliphatic heterocycles. The zero-order chi connectivity index (χ0) is 24.4. The first-order chi connectivity index (χ1) is 16.0. The number of sulfone groups is 1. The molecule has 1 N–H and O–H groups in total. The fourth-order valence-electron chi connectivity index (χ4n) is 3.84. The molecular weight excluding hydrogens is 473 g/mol. The molecule has 5 aromatic rings. The molecule has 0 bridgehead atoms. The van der Waals surface area contributed by atoms with E-state index in [1.807, 2.05) is 0 Å². The zero-order valence-electron chi connectivity index (χ0n) is 17.6. The summed E-state index contributed by atoms with van der Waals surface area (Å²) in [7, 11) is -3.66. The van der Waals surface area contributed by atoms with Gasteiger partial charge in [0.1, 0.15) is 16.8 Å². The van der Waals surface area contributed by atoms with Gasteiger partial charge in [0.2, 0.25) is 5.89 Å². The zero-order valence-corrected chi connectivity index (χ0v) is 18.5. The van der Waals surface area contributed by atoms with Crippen LogP contribution in [0.15, 0.2) is 62.6 Å². The van der Waals surface area contributed by atoms with Crippen molar-refractivity contribution >= 4 is 26.6 Å². The number of aryl methyl sites for hydroxylation is 1. The van der Waals surface area contributed by atoms with Crippen molar-refractivity contribution < 1.29 is 26.0 Å². The lowest BCUT2D eigenvalue weighted by molar-refractivity contribution is -0.140. The molecule has 2 aromatic carbocycles. The maximum atomic E-state index is 13.9. The van der Waals surface area contributed by atoms with Crippen LogP contribution in [0.2, 0.25) is 0 Å². The lowest BCUT2D eigenvalue weighted by atomic mass is 10.1. The monoisotopic (exact) mass is 488 g/mol. The van der Waals surface area contributed by atoms with Gasteiger partial charge in [0.25, 0.3) is 5.56 Å². The van der Waals surface area contributed by atoms with E-state index in [4.69, 9.17) is 4.42 Å². The fourth-order valence-corrected chi connectivity index (χ4v) is 4.66. The summed E-state index contributed by atoms with van der Waals surface area (Å²) in [6, 6.07) is 12.1. The van der Waals surface area contributed by atoms with Crippen molar-refractivity contribution in [3.8, 4) is 22.6 Å². The van der Waals surface area contributed by atoms with E-state index in [0.29, 0.717) is 4.52 Å². The van der Waals surface area contributed by atoms with E-state index in [0.717, 1.165) is 6.26 Å². The number of nitrogens with zero attached hydrogens (tertiary/aromatic N) is 3. The molecule has 0 aliphatic rings. The second kappa shape index (κ2) is 7.29. The summed E-state index contributed by atoms with van der Waals surface area (Å²) in [5, 5.41) is 2.13. The van der Waals surface area contributed by atoms with Crippen LogP contribution in [0.1, 0.15) is 11.4 Å². The molecule has 3 aromatic heterocycles. The molecule has 0 saturated carbocycles. The fraction of sp³-hybridized carbons (Fsp3) is 0.136. The molecule has 0 unspecified atom stereocenters. The third kappa shape index (κ3) is 3.37. The van der Waals surface area contributed by atoms with Crippen LogP contribution in [0, 0.1) is 6.92 Å². The molecule has 0 aliphatic carbocycles. The summed E-state index contributed by atoms with van der Waals surface area (Å²) in [4.78, 5) is 21.7. The summed E-state index contributed by atoms with van der Waals surface area (Å²) in [5.74, 6) is -0.250. The smallest absolute Gasteiger partial charge is 0.433 e. The topological polar surface area (TPSA) is 110 Å². The average Bonchev–Trinajstić information content (AvgIpc) is 3.35. The maximum absolute atomic E-state index is 13.9. The molecule has 0 atom stereocenters. The van der Waals surface area contributed by atoms with Crippen LogP contribution in [-0.2, 0) is 16.0 Å². The molecule has 0 radical (unpaired) electrons. The molecule has 0 fully saturated rings. The van der Waals surface area contributed by atoms with Crippen molar-refractivity contribution in [2.24, 2.45) is 0 Å². The summed E-state index contributed by atoms with van der Waals surface area (Å²) < 4.78 is 72.1. The minimum atomic E-state index is -4.79. The van der Waals surface area contributed by atoms with Crippen LogP contribution in [0.4, 0.5) is 13.2 Å². The predicted molar refractivity (Wildman–Crippen MR) is 117 cm³/mol. The Morgan fingerprint density at radius 1 is 1.00 bits per heavy atom. The lowest BCUT2D eigenvalue weighted by Crippen LogP contribution is -2.20. The molecule has 0 saturated heterocycles. The number of alkyl halides is 3. The summed E-state index contributed by atoms with van der Waals surface area (Å²) >= 11 is 0. The van der Waals surface area contributed by atoms with Gasteiger partial charge in [-0.05, 0) is 24.6 Å². The van der Waals surface area contributed by atoms with Crippen molar-refractivity contribution in [2.75, 3.05) is 6.26 Å². The normalized spacial score (nSPS) is 12.6. The summed E-state index contributed by atoms with van der Waals surface area (Å²) in [6.07, 6.45) is -3.78. The number of aromatic amines is 1. The van der Waals surface area contributed by atoms with Crippen LogP contribution in [-0.4, -0.2) is 34.3 Å². The minimum Gasteiger partial charge on any atom is -0.436 e. The van der Waals surface area contributed by atoms with Crippen LogP contribution < -0.4 is 5.56 Å². The van der Waals surface area contributed by atoms with E-state index in [1.165, 1.54) is 37.3 Å². The number of aromatic nitrogens is 4. The number of oxazole rings is 1. The highest BCUT2D eigenvalue weighted by Gasteiger charge is 2.38. The van der Waals surface area contributed by atoms with Gasteiger partial charge >= 0.3 is 6.18 Å². The second-order valence-corrected chi connectivity index (χ2v) is 9.64. The highest BCUT2D eigenvalue weighted by Crippen LogP contribution is 2.38. The third-order valence-corrected chi connectivity index (χ3v) is 6.43. The Morgan fingerprint density at radius 3 is 2.35 bits per heavy atom. The Hall–Kier alpha value is -3.93. The number of halogens is 3. The van der Waals surface area contributed by atoms with Crippen molar-refractivity contribution in [1.82, 2.24) is 19.6 Å². The van der Waals surface area contributed by atoms with E-state index in [2.05, 4.69) is 15.1 Å². The van der Waals surface area contributed by atoms with Crippen LogP contribution in [0.3, 0.4) is 0 Å². The summed E-state index contributed by atoms with van der Waals surface area (Å²) in [5.41, 5.74) is -2.25. The van der Waals surface area contributed by atoms with Crippen LogP contribution >= 0.6 is 0 Å². The standard InChI is InChI=1S/C22H15F3N4O4S/c1-11-15(20-27-17-13(33-20)9-6-10-14(17)34(2,31)32)21(30)29-19(26-11)16(12-7-4-3-5-8-12)18(28-29)22(23,24)25/h3-10,28H,1-2H3. The molecule has 12 heteroatoms. The van der Waals surface area contributed by atoms with Gasteiger partial charge in [-0.3, -0.25) is 9.89 Å². The van der Waals surface area contributed by atoms with Gasteiger partial charge in [-0.15, -0.1) is 0 Å². The van der Waals surface area contributed by atoms with Crippen molar-refractivity contribution in [2.45, 2.75) is 18.0 Å². The predicted octanol–water partition coefficient (Wildman–Crippen LogP) is 4.23. The minimum absolute atomic E-state index is 0.0105. The molecule has 0 amide bonds. The first-order valence-electron chi connectivity index (χ1n) is 9.84. The SMILES string of the molecule is Cc1nc2c(-c3ccccc3)c(C(F)(F)F)[nH]n2c(=O)c1-c1nc2c(S(C)(=O)=O)cccc2o1. The van der Waals surface area contributed by atoms with Crippen molar-refractivity contribution in [3.05, 3.63) is 70.3 Å². The van der Waals surface area contributed by atoms with E-state index >= 15 is 0 Å². The molecule has 0 spiro atoms. The number of H-pyrrole nitrogens is 1. The van der Waals surface area contributed by atoms with Crippen LogP contribution in [0.25, 0.3) is 39.3 Å². The quantitative estimate of drug-likeness (QED) is 0.407. The van der Waals surface area contributed by atoms with Gasteiger partial charge in [0.05, 0.1) is 16.2 Å². The number of rotatable bonds is 3. The molecule has 8 nitrogen and oxygen atoms in total. The molecule has 34 heavy (non-hydrogen) atoms. The molecule has 5 rings (SSSR count). The van der Waals surface area contributed by atoms with Crippen LogP contribution in [0.5, 0.6) is 0 Å². The first-order valence-corrected chi connectivity index (χ1v) is 11.7. The third-order valence-electron chi connectivity index (χ3n) is 5.30. The molecule has 3 heterocycles. The number of fused-ring (bicyclic) bond motifs is 2. The van der Waals surface area contributed by atoms with Gasteiger partial charge in [0, 0.05) is 6.26 Å². The molecule has 174 valence electrons. The van der Waals surface area contributed by atoms with Gasteiger partial charge in [-0.1, -0.05) is 36.4 Å². The number of nitrogens with one attached hydrogen (secondary N) is 1. The Kier molecular flexibility index (Phi) is 4.69. The second-order valence-electron chi connectivity index (χ2n) is 7.66. The Bertz CT molecular complexity index is 1750. The number of para-hydroxylation sites is 1. The van der Waals surface area contributed by atoms with Gasteiger partial charge < -0.3 is 4.42 Å². The van der Waals surface area contributed by atoms with E-state index < -0.39 is 27.3 Å².